The molecule has 0 saturated heterocycles. The van der Waals surface area contributed by atoms with Crippen molar-refractivity contribution in [1.29, 1.82) is 0 Å². The summed E-state index contributed by atoms with van der Waals surface area (Å²) in [7, 11) is 0. The average Bonchev–Trinajstić information content (AvgIpc) is 2.22. The largest absolute Gasteiger partial charge is 0.294 e. The van der Waals surface area contributed by atoms with Gasteiger partial charge in [-0.3, -0.25) is 10.4 Å². The molecule has 0 saturated carbocycles. The first-order chi connectivity index (χ1) is 4.36. The summed E-state index contributed by atoms with van der Waals surface area (Å²) >= 11 is 1.75. The highest BCUT2D eigenvalue weighted by molar-refractivity contribution is 8.14. The van der Waals surface area contributed by atoms with Crippen molar-refractivity contribution in [3.8, 4) is 0 Å². The second-order valence-electron chi connectivity index (χ2n) is 2.08. The summed E-state index contributed by atoms with van der Waals surface area (Å²) in [6.07, 6.45) is 1.86. The summed E-state index contributed by atoms with van der Waals surface area (Å²) in [5.41, 5.74) is 2.97. The van der Waals surface area contributed by atoms with E-state index in [1.165, 1.54) is 0 Å². The Morgan fingerprint density at radius 2 is 2.67 bits per heavy atom. The van der Waals surface area contributed by atoms with Crippen LogP contribution in [0.25, 0.3) is 0 Å². The summed E-state index contributed by atoms with van der Waals surface area (Å²) in [4.78, 5) is 4.32. The minimum atomic E-state index is 0.301. The van der Waals surface area contributed by atoms with Crippen LogP contribution in [0.2, 0.25) is 0 Å². The maximum atomic E-state index is 4.32. The first-order valence-corrected chi connectivity index (χ1v) is 3.74. The lowest BCUT2D eigenvalue weighted by Gasteiger charge is -2.02. The fraction of sp³-hybridized carbons (Fsp3) is 0.600. The van der Waals surface area contributed by atoms with Crippen molar-refractivity contribution < 1.29 is 0 Å². The Hall–Kier alpha value is -0.510. The summed E-state index contributed by atoms with van der Waals surface area (Å²) < 4.78 is 0. The number of nitrogens with zero attached hydrogens (tertiary/aromatic N) is 2. The van der Waals surface area contributed by atoms with Crippen LogP contribution in [0.3, 0.4) is 0 Å². The van der Waals surface area contributed by atoms with Gasteiger partial charge in [-0.1, -0.05) is 11.8 Å². The molecule has 2 rings (SSSR count). The van der Waals surface area contributed by atoms with Crippen LogP contribution in [0.1, 0.15) is 6.92 Å². The predicted octanol–water partition coefficient (Wildman–Crippen LogP) is 0.435. The van der Waals surface area contributed by atoms with Gasteiger partial charge in [0, 0.05) is 0 Å². The molecule has 2 aliphatic heterocycles. The van der Waals surface area contributed by atoms with Gasteiger partial charge >= 0.3 is 0 Å². The molecule has 9 heavy (non-hydrogen) atoms. The van der Waals surface area contributed by atoms with Gasteiger partial charge in [0.25, 0.3) is 0 Å². The van der Waals surface area contributed by atoms with Crippen molar-refractivity contribution in [2.24, 2.45) is 10.1 Å². The van der Waals surface area contributed by atoms with Gasteiger partial charge < -0.3 is 0 Å². The fourth-order valence-electron chi connectivity index (χ4n) is 0.969. The van der Waals surface area contributed by atoms with Gasteiger partial charge in [-0.15, -0.1) is 0 Å². The third-order valence-electron chi connectivity index (χ3n) is 1.37. The summed E-state index contributed by atoms with van der Waals surface area (Å²) in [6, 6.07) is 0.301. The number of hydrazone groups is 1. The van der Waals surface area contributed by atoms with E-state index < -0.39 is 0 Å². The summed E-state index contributed by atoms with van der Waals surface area (Å²) in [6.45, 7) is 2.03. The van der Waals surface area contributed by atoms with Crippen LogP contribution in [0.5, 0.6) is 0 Å². The monoisotopic (exact) mass is 141 g/mol. The normalized spacial score (nSPS) is 38.1. The highest BCUT2D eigenvalue weighted by Gasteiger charge is 2.29. The maximum absolute atomic E-state index is 4.32. The molecule has 2 aliphatic rings. The Bertz CT molecular complexity index is 187. The van der Waals surface area contributed by atoms with E-state index in [2.05, 4.69) is 15.5 Å². The molecule has 0 aromatic heterocycles. The summed E-state index contributed by atoms with van der Waals surface area (Å²) in [5, 5.41) is 5.45. The molecule has 3 nitrogen and oxygen atoms in total. The Morgan fingerprint density at radius 3 is 3.44 bits per heavy atom. The second kappa shape index (κ2) is 1.73. The Kier molecular flexibility index (Phi) is 1.02. The van der Waals surface area contributed by atoms with Crippen LogP contribution in [0.4, 0.5) is 0 Å². The molecule has 0 aromatic carbocycles. The molecule has 0 radical (unpaired) electrons. The topological polar surface area (TPSA) is 36.8 Å². The van der Waals surface area contributed by atoms with Gasteiger partial charge in [0.15, 0.2) is 0 Å². The van der Waals surface area contributed by atoms with Crippen molar-refractivity contribution in [3.63, 3.8) is 0 Å². The third-order valence-corrected chi connectivity index (χ3v) is 2.45. The van der Waals surface area contributed by atoms with Crippen molar-refractivity contribution >= 4 is 23.0 Å². The van der Waals surface area contributed by atoms with Crippen molar-refractivity contribution in [1.82, 2.24) is 5.43 Å². The Morgan fingerprint density at radius 1 is 1.78 bits per heavy atom. The molecule has 0 aliphatic carbocycles. The molecular weight excluding hydrogens is 134 g/mol. The van der Waals surface area contributed by atoms with Gasteiger partial charge in [-0.2, -0.15) is 5.10 Å². The molecule has 4 heteroatoms. The van der Waals surface area contributed by atoms with E-state index >= 15 is 0 Å². The molecule has 0 amide bonds. The predicted molar refractivity (Wildman–Crippen MR) is 39.9 cm³/mol. The van der Waals surface area contributed by atoms with Crippen molar-refractivity contribution in [2.45, 2.75) is 18.3 Å². The number of aliphatic imine (C=N–C) groups is 1. The lowest BCUT2D eigenvalue weighted by atomic mass is 10.3. The van der Waals surface area contributed by atoms with Crippen LogP contribution < -0.4 is 5.43 Å². The van der Waals surface area contributed by atoms with Gasteiger partial charge in [-0.25, -0.2) is 0 Å². The van der Waals surface area contributed by atoms with Crippen LogP contribution in [-0.4, -0.2) is 22.7 Å². The minimum Gasteiger partial charge on any atom is -0.294 e. The van der Waals surface area contributed by atoms with Gasteiger partial charge in [0.1, 0.15) is 11.4 Å². The number of rotatable bonds is 0. The van der Waals surface area contributed by atoms with E-state index in [0.29, 0.717) is 11.4 Å². The highest BCUT2D eigenvalue weighted by Crippen LogP contribution is 2.25. The molecule has 2 unspecified atom stereocenters. The van der Waals surface area contributed by atoms with Crippen molar-refractivity contribution in [3.05, 3.63) is 0 Å². The highest BCUT2D eigenvalue weighted by atomic mass is 32.2. The maximum Gasteiger partial charge on any atom is 0.122 e. The molecule has 0 spiro atoms. The zero-order valence-electron chi connectivity index (χ0n) is 5.03. The quantitative estimate of drug-likeness (QED) is 0.531. The molecule has 2 heterocycles. The SMILES string of the molecule is CC1=NC2C=NNC2S1. The minimum absolute atomic E-state index is 0.301. The summed E-state index contributed by atoms with van der Waals surface area (Å²) in [5.74, 6) is 0. The van der Waals surface area contributed by atoms with Crippen LogP contribution in [0.15, 0.2) is 10.1 Å². The van der Waals surface area contributed by atoms with E-state index in [4.69, 9.17) is 0 Å². The van der Waals surface area contributed by atoms with E-state index in [0.717, 1.165) is 5.04 Å². The molecule has 0 aromatic rings. The van der Waals surface area contributed by atoms with Crippen LogP contribution >= 0.6 is 11.8 Å². The standard InChI is InChI=1S/C5H7N3S/c1-3-7-4-2-6-8-5(4)9-3/h2,4-5,8H,1H3. The average molecular weight is 141 g/mol. The van der Waals surface area contributed by atoms with Crippen LogP contribution in [-0.2, 0) is 0 Å². The smallest absolute Gasteiger partial charge is 0.122 e. The van der Waals surface area contributed by atoms with E-state index in [9.17, 15) is 0 Å². The molecule has 1 N–H and O–H groups in total. The van der Waals surface area contributed by atoms with Crippen molar-refractivity contribution in [2.75, 3.05) is 0 Å². The number of thioether (sulfide) groups is 1. The Balaban J connectivity index is 2.21. The second-order valence-corrected chi connectivity index (χ2v) is 3.42. The number of hydrogen-bond acceptors (Lipinski definition) is 4. The first kappa shape index (κ1) is 5.29. The van der Waals surface area contributed by atoms with E-state index in [-0.39, 0.29) is 0 Å². The number of nitrogens with one attached hydrogen (secondary N) is 1. The van der Waals surface area contributed by atoms with Gasteiger partial charge in [-0.05, 0) is 6.92 Å². The van der Waals surface area contributed by atoms with E-state index in [1.807, 2.05) is 13.1 Å². The van der Waals surface area contributed by atoms with Gasteiger partial charge in [0.2, 0.25) is 0 Å². The number of hydrogen-bond donors (Lipinski definition) is 1. The fourth-order valence-corrected chi connectivity index (χ4v) is 1.90. The molecule has 2 atom stereocenters. The molecular formula is C5H7N3S. The number of fused-ring (bicyclic) bond motifs is 1. The lowest BCUT2D eigenvalue weighted by molar-refractivity contribution is 0.717. The zero-order valence-corrected chi connectivity index (χ0v) is 5.85. The van der Waals surface area contributed by atoms with E-state index in [1.54, 1.807) is 11.8 Å². The Labute approximate surface area is 57.6 Å². The van der Waals surface area contributed by atoms with Gasteiger partial charge in [0.05, 0.1) is 11.3 Å². The molecule has 0 fully saturated rings. The third kappa shape index (κ3) is 0.738. The lowest BCUT2D eigenvalue weighted by Crippen LogP contribution is -2.22. The molecule has 0 bridgehead atoms. The molecule has 48 valence electrons. The first-order valence-electron chi connectivity index (χ1n) is 2.86. The zero-order chi connectivity index (χ0) is 6.27. The van der Waals surface area contributed by atoms with Crippen LogP contribution in [0, 0.1) is 0 Å².